The number of aromatic nitrogens is 1. The maximum absolute atomic E-state index is 5.49. The second-order valence-corrected chi connectivity index (χ2v) is 2.66. The number of hydrogen-bond donors (Lipinski definition) is 1. The third-order valence-corrected chi connectivity index (χ3v) is 1.76. The van der Waals surface area contributed by atoms with E-state index < -0.39 is 0 Å². The molecule has 2 aromatic heterocycles. The van der Waals surface area contributed by atoms with Gasteiger partial charge in [-0.3, -0.25) is 4.98 Å². The molecule has 0 atom stereocenters. The molecule has 0 bridgehead atoms. The van der Waals surface area contributed by atoms with Crippen LogP contribution in [0, 0.1) is 0 Å². The van der Waals surface area contributed by atoms with Gasteiger partial charge in [-0.25, -0.2) is 0 Å². The van der Waals surface area contributed by atoms with E-state index >= 15 is 0 Å². The lowest BCUT2D eigenvalue weighted by molar-refractivity contribution is 0.550. The van der Waals surface area contributed by atoms with Gasteiger partial charge in [0.2, 0.25) is 0 Å². The number of rotatable bonds is 2. The molecule has 62 valence electrons. The molecular weight excluding hydrogens is 152 g/mol. The molecule has 0 aromatic carbocycles. The molecule has 0 aliphatic heterocycles. The van der Waals surface area contributed by atoms with Crippen LogP contribution in [0.5, 0.6) is 0 Å². The molecule has 0 radical (unpaired) electrons. The Kier molecular flexibility index (Phi) is 1.80. The summed E-state index contributed by atoms with van der Waals surface area (Å²) < 4.78 is 5.49. The molecule has 3 nitrogen and oxygen atoms in total. The Morgan fingerprint density at radius 2 is 2.42 bits per heavy atom. The van der Waals surface area contributed by atoms with E-state index in [9.17, 15) is 0 Å². The minimum Gasteiger partial charge on any atom is -0.461 e. The van der Waals surface area contributed by atoms with Crippen molar-refractivity contribution in [3.63, 3.8) is 0 Å². The van der Waals surface area contributed by atoms with Crippen LogP contribution in [0.4, 0.5) is 0 Å². The fraction of sp³-hybridized carbons (Fsp3) is 0.222. The number of furan rings is 1. The highest BCUT2D eigenvalue weighted by atomic mass is 16.3. The zero-order valence-electron chi connectivity index (χ0n) is 6.66. The highest BCUT2D eigenvalue weighted by Gasteiger charge is 2.00. The van der Waals surface area contributed by atoms with E-state index in [1.54, 1.807) is 12.4 Å². The summed E-state index contributed by atoms with van der Waals surface area (Å²) in [6.07, 6.45) is 4.30. The van der Waals surface area contributed by atoms with Crippen molar-refractivity contribution in [2.24, 2.45) is 5.73 Å². The van der Waals surface area contributed by atoms with Crippen molar-refractivity contribution in [1.82, 2.24) is 4.98 Å². The van der Waals surface area contributed by atoms with Crippen LogP contribution in [0.3, 0.4) is 0 Å². The molecule has 0 saturated carbocycles. The van der Waals surface area contributed by atoms with E-state index in [2.05, 4.69) is 4.98 Å². The van der Waals surface area contributed by atoms with Crippen molar-refractivity contribution >= 4 is 11.0 Å². The summed E-state index contributed by atoms with van der Waals surface area (Å²) in [4.78, 5) is 4.00. The Bertz CT molecular complexity index is 348. The molecule has 0 amide bonds. The van der Waals surface area contributed by atoms with Gasteiger partial charge in [0.05, 0.1) is 0 Å². The number of nitrogens with two attached hydrogens (primary N) is 1. The van der Waals surface area contributed by atoms with Gasteiger partial charge in [-0.1, -0.05) is 0 Å². The predicted octanol–water partition coefficient (Wildman–Crippen LogP) is 1.33. The summed E-state index contributed by atoms with van der Waals surface area (Å²) >= 11 is 0. The molecule has 0 aliphatic rings. The van der Waals surface area contributed by atoms with Crippen LogP contribution in [0.15, 0.2) is 28.9 Å². The van der Waals surface area contributed by atoms with E-state index in [0.29, 0.717) is 6.54 Å². The van der Waals surface area contributed by atoms with Crippen molar-refractivity contribution in [2.75, 3.05) is 6.54 Å². The van der Waals surface area contributed by atoms with Gasteiger partial charge >= 0.3 is 0 Å². The lowest BCUT2D eigenvalue weighted by Crippen LogP contribution is -2.01. The molecular formula is C9H10N2O. The molecule has 2 heterocycles. The molecule has 0 aliphatic carbocycles. The summed E-state index contributed by atoms with van der Waals surface area (Å²) in [5.41, 5.74) is 6.29. The second-order valence-electron chi connectivity index (χ2n) is 2.66. The minimum atomic E-state index is 0.618. The highest BCUT2D eigenvalue weighted by molar-refractivity contribution is 5.76. The van der Waals surface area contributed by atoms with Crippen LogP contribution in [-0.4, -0.2) is 11.5 Å². The van der Waals surface area contributed by atoms with Crippen LogP contribution in [0.2, 0.25) is 0 Å². The SMILES string of the molecule is NCCc1cc2cnccc2o1. The van der Waals surface area contributed by atoms with Crippen molar-refractivity contribution in [1.29, 1.82) is 0 Å². The Hall–Kier alpha value is -1.35. The van der Waals surface area contributed by atoms with Gasteiger partial charge in [-0.15, -0.1) is 0 Å². The van der Waals surface area contributed by atoms with Gasteiger partial charge in [0.1, 0.15) is 11.3 Å². The zero-order chi connectivity index (χ0) is 8.39. The molecule has 12 heavy (non-hydrogen) atoms. The van der Waals surface area contributed by atoms with E-state index in [1.807, 2.05) is 12.1 Å². The first-order valence-electron chi connectivity index (χ1n) is 3.92. The summed E-state index contributed by atoms with van der Waals surface area (Å²) in [7, 11) is 0. The average Bonchev–Trinajstić information content (AvgIpc) is 2.47. The fourth-order valence-electron chi connectivity index (χ4n) is 1.20. The zero-order valence-corrected chi connectivity index (χ0v) is 6.66. The van der Waals surface area contributed by atoms with Crippen LogP contribution in [-0.2, 0) is 6.42 Å². The first kappa shape index (κ1) is 7.31. The number of hydrogen-bond acceptors (Lipinski definition) is 3. The lowest BCUT2D eigenvalue weighted by Gasteiger charge is -1.87. The molecule has 2 aromatic rings. The summed E-state index contributed by atoms with van der Waals surface area (Å²) in [5.74, 6) is 0.931. The first-order chi connectivity index (χ1) is 5.90. The van der Waals surface area contributed by atoms with Gasteiger partial charge in [0.25, 0.3) is 0 Å². The summed E-state index contributed by atoms with van der Waals surface area (Å²) in [6, 6.07) is 3.84. The monoisotopic (exact) mass is 162 g/mol. The molecule has 0 saturated heterocycles. The molecule has 2 N–H and O–H groups in total. The highest BCUT2D eigenvalue weighted by Crippen LogP contribution is 2.17. The van der Waals surface area contributed by atoms with E-state index in [4.69, 9.17) is 10.2 Å². The van der Waals surface area contributed by atoms with E-state index in [-0.39, 0.29) is 0 Å². The Balaban J connectivity index is 2.47. The fourth-order valence-corrected chi connectivity index (χ4v) is 1.20. The standard InChI is InChI=1S/C9H10N2O/c10-3-1-8-5-7-6-11-4-2-9(7)12-8/h2,4-6H,1,3,10H2. The number of nitrogens with zero attached hydrogens (tertiary/aromatic N) is 1. The van der Waals surface area contributed by atoms with Crippen molar-refractivity contribution < 1.29 is 4.42 Å². The lowest BCUT2D eigenvalue weighted by atomic mass is 10.3. The maximum Gasteiger partial charge on any atom is 0.137 e. The third-order valence-electron chi connectivity index (χ3n) is 1.76. The van der Waals surface area contributed by atoms with Crippen LogP contribution in [0.25, 0.3) is 11.0 Å². The van der Waals surface area contributed by atoms with Gasteiger partial charge in [0, 0.05) is 24.2 Å². The van der Waals surface area contributed by atoms with Crippen molar-refractivity contribution in [3.8, 4) is 0 Å². The van der Waals surface area contributed by atoms with Crippen molar-refractivity contribution in [3.05, 3.63) is 30.3 Å². The minimum absolute atomic E-state index is 0.618. The molecule has 3 heteroatoms. The number of fused-ring (bicyclic) bond motifs is 1. The van der Waals surface area contributed by atoms with Crippen LogP contribution in [0.1, 0.15) is 5.76 Å². The Morgan fingerprint density at radius 1 is 1.50 bits per heavy atom. The van der Waals surface area contributed by atoms with Gasteiger partial charge in [0.15, 0.2) is 0 Å². The molecule has 0 spiro atoms. The average molecular weight is 162 g/mol. The van der Waals surface area contributed by atoms with Crippen LogP contribution < -0.4 is 5.73 Å². The smallest absolute Gasteiger partial charge is 0.137 e. The largest absolute Gasteiger partial charge is 0.461 e. The Labute approximate surface area is 70.2 Å². The van der Waals surface area contributed by atoms with Gasteiger partial charge < -0.3 is 10.2 Å². The molecule has 0 fully saturated rings. The maximum atomic E-state index is 5.49. The summed E-state index contributed by atoms with van der Waals surface area (Å²) in [6.45, 7) is 0.618. The molecule has 2 rings (SSSR count). The quantitative estimate of drug-likeness (QED) is 0.724. The number of pyridine rings is 1. The van der Waals surface area contributed by atoms with E-state index in [1.165, 1.54) is 0 Å². The topological polar surface area (TPSA) is 52.0 Å². The Morgan fingerprint density at radius 3 is 3.17 bits per heavy atom. The van der Waals surface area contributed by atoms with E-state index in [0.717, 1.165) is 23.2 Å². The predicted molar refractivity (Wildman–Crippen MR) is 46.8 cm³/mol. The van der Waals surface area contributed by atoms with Gasteiger partial charge in [-0.05, 0) is 18.7 Å². The van der Waals surface area contributed by atoms with Crippen molar-refractivity contribution in [2.45, 2.75) is 6.42 Å². The molecule has 0 unspecified atom stereocenters. The first-order valence-corrected chi connectivity index (χ1v) is 3.92. The second kappa shape index (κ2) is 2.95. The normalized spacial score (nSPS) is 10.8. The summed E-state index contributed by atoms with van der Waals surface area (Å²) in [5, 5.41) is 1.04. The van der Waals surface area contributed by atoms with Crippen LogP contribution >= 0.6 is 0 Å². The van der Waals surface area contributed by atoms with Gasteiger partial charge in [-0.2, -0.15) is 0 Å². The third kappa shape index (κ3) is 1.19.